The van der Waals surface area contributed by atoms with Gasteiger partial charge in [-0.1, -0.05) is 65.3 Å². The number of rotatable bonds is 3. The molecule has 0 aliphatic rings. The van der Waals surface area contributed by atoms with Crippen LogP contribution >= 0.6 is 0 Å². The second kappa shape index (κ2) is 6.57. The Bertz CT molecular complexity index is 1020. The summed E-state index contributed by atoms with van der Waals surface area (Å²) in [4.78, 5) is 12.2. The van der Waals surface area contributed by atoms with Gasteiger partial charge in [0.2, 0.25) is 12.4 Å². The molecule has 3 aromatic carbocycles. The first-order valence-corrected chi connectivity index (χ1v) is 8.17. The number of amides is 1. The van der Waals surface area contributed by atoms with E-state index in [9.17, 15) is 4.79 Å². The summed E-state index contributed by atoms with van der Waals surface area (Å²) in [7, 11) is 0. The van der Waals surface area contributed by atoms with Crippen molar-refractivity contribution in [3.63, 3.8) is 0 Å². The molecule has 0 bridgehead atoms. The van der Waals surface area contributed by atoms with E-state index in [1.54, 1.807) is 16.8 Å². The zero-order chi connectivity index (χ0) is 17.1. The molecular formula is C22H17N2O+. The summed E-state index contributed by atoms with van der Waals surface area (Å²) in [5.74, 6) is -0.136. The van der Waals surface area contributed by atoms with E-state index < -0.39 is 0 Å². The Morgan fingerprint density at radius 2 is 1.40 bits per heavy atom. The number of pyridine rings is 1. The van der Waals surface area contributed by atoms with Gasteiger partial charge in [-0.25, -0.2) is 0 Å². The third-order valence-electron chi connectivity index (χ3n) is 4.20. The maximum atomic E-state index is 12.2. The van der Waals surface area contributed by atoms with Crippen molar-refractivity contribution < 1.29 is 9.47 Å². The summed E-state index contributed by atoms with van der Waals surface area (Å²) in [6, 6.07) is 27.8. The van der Waals surface area contributed by atoms with Gasteiger partial charge in [0, 0.05) is 17.7 Å². The highest BCUT2D eigenvalue weighted by Gasteiger charge is 2.11. The molecule has 4 aromatic rings. The maximum absolute atomic E-state index is 12.2. The largest absolute Gasteiger partial charge is 0.305 e. The Labute approximate surface area is 146 Å². The van der Waals surface area contributed by atoms with Crippen LogP contribution in [-0.4, -0.2) is 5.91 Å². The van der Waals surface area contributed by atoms with Crippen molar-refractivity contribution in [2.45, 2.75) is 0 Å². The predicted molar refractivity (Wildman–Crippen MR) is 99.7 cm³/mol. The minimum absolute atomic E-state index is 0.136. The lowest BCUT2D eigenvalue weighted by Crippen LogP contribution is -2.47. The third-order valence-corrected chi connectivity index (χ3v) is 4.20. The van der Waals surface area contributed by atoms with Crippen LogP contribution in [0.3, 0.4) is 0 Å². The fourth-order valence-electron chi connectivity index (χ4n) is 2.93. The number of hydrogen-bond donors (Lipinski definition) is 1. The van der Waals surface area contributed by atoms with E-state index in [-0.39, 0.29) is 5.91 Å². The summed E-state index contributed by atoms with van der Waals surface area (Å²) >= 11 is 0. The number of nitrogens with one attached hydrogen (secondary N) is 1. The molecule has 0 atom stereocenters. The molecule has 1 amide bonds. The number of aromatic nitrogens is 1. The van der Waals surface area contributed by atoms with Gasteiger partial charge in [0.25, 0.3) is 0 Å². The summed E-state index contributed by atoms with van der Waals surface area (Å²) < 4.78 is 1.67. The Morgan fingerprint density at radius 1 is 0.720 bits per heavy atom. The third kappa shape index (κ3) is 3.12. The lowest BCUT2D eigenvalue weighted by atomic mass is 9.99. The number of carbonyl (C=O) groups is 1. The number of benzene rings is 3. The second-order valence-electron chi connectivity index (χ2n) is 5.83. The summed E-state index contributed by atoms with van der Waals surface area (Å²) in [5.41, 5.74) is 5.78. The average molecular weight is 325 g/mol. The molecule has 0 unspecified atom stereocenters. The van der Waals surface area contributed by atoms with E-state index >= 15 is 0 Å². The van der Waals surface area contributed by atoms with Crippen molar-refractivity contribution in [2.24, 2.45) is 0 Å². The first-order valence-electron chi connectivity index (χ1n) is 8.17. The Kier molecular flexibility index (Phi) is 3.97. The normalized spacial score (nSPS) is 10.6. The average Bonchev–Trinajstić information content (AvgIpc) is 2.69. The van der Waals surface area contributed by atoms with E-state index in [0.29, 0.717) is 5.56 Å². The Morgan fingerprint density at radius 3 is 2.20 bits per heavy atom. The molecule has 0 radical (unpaired) electrons. The number of fused-ring (bicyclic) bond motifs is 1. The standard InChI is InChI=1S/C22H16N2O/c25-22(19-8-2-1-3-9-19)23-24-15-13-18(14-16-24)21-12-6-10-17-7-4-5-11-20(17)21/h1-16H/p+1. The molecule has 0 saturated carbocycles. The van der Waals surface area contributed by atoms with Crippen molar-refractivity contribution in [1.82, 2.24) is 0 Å². The zero-order valence-electron chi connectivity index (χ0n) is 13.6. The number of nitrogens with zero attached hydrogens (tertiary/aromatic N) is 1. The molecule has 120 valence electrons. The molecule has 0 aliphatic carbocycles. The molecule has 0 spiro atoms. The van der Waals surface area contributed by atoms with Crippen LogP contribution in [0.5, 0.6) is 0 Å². The molecule has 0 aliphatic heterocycles. The molecule has 0 fully saturated rings. The minimum atomic E-state index is -0.136. The topological polar surface area (TPSA) is 33.0 Å². The minimum Gasteiger partial charge on any atom is -0.264 e. The Hall–Kier alpha value is -3.46. The van der Waals surface area contributed by atoms with Crippen molar-refractivity contribution in [3.8, 4) is 11.1 Å². The van der Waals surface area contributed by atoms with Gasteiger partial charge in [-0.2, -0.15) is 0 Å². The fraction of sp³-hybridized carbons (Fsp3) is 0. The first-order chi connectivity index (χ1) is 12.3. The number of carbonyl (C=O) groups excluding carboxylic acids is 1. The lowest BCUT2D eigenvalue weighted by molar-refractivity contribution is -0.641. The van der Waals surface area contributed by atoms with Crippen molar-refractivity contribution in [1.29, 1.82) is 0 Å². The van der Waals surface area contributed by atoms with Gasteiger partial charge in [-0.15, -0.1) is 5.43 Å². The van der Waals surface area contributed by atoms with Gasteiger partial charge in [0.05, 0.1) is 0 Å². The van der Waals surface area contributed by atoms with Crippen LogP contribution in [0.15, 0.2) is 97.3 Å². The van der Waals surface area contributed by atoms with Crippen LogP contribution in [0.4, 0.5) is 0 Å². The SMILES string of the molecule is O=C(N[n+]1ccc(-c2cccc3ccccc23)cc1)c1ccccc1. The van der Waals surface area contributed by atoms with Crippen LogP contribution in [-0.2, 0) is 0 Å². The monoisotopic (exact) mass is 325 g/mol. The first kappa shape index (κ1) is 15.1. The summed E-state index contributed by atoms with van der Waals surface area (Å²) in [5, 5.41) is 2.44. The highest BCUT2D eigenvalue weighted by atomic mass is 16.2. The zero-order valence-corrected chi connectivity index (χ0v) is 13.6. The highest BCUT2D eigenvalue weighted by Crippen LogP contribution is 2.27. The van der Waals surface area contributed by atoms with Gasteiger partial charge in [0.15, 0.2) is 0 Å². The van der Waals surface area contributed by atoms with E-state index in [4.69, 9.17) is 0 Å². The van der Waals surface area contributed by atoms with Crippen molar-refractivity contribution >= 4 is 16.7 Å². The van der Waals surface area contributed by atoms with Crippen molar-refractivity contribution in [3.05, 3.63) is 103 Å². The molecule has 1 aromatic heterocycles. The molecule has 4 rings (SSSR count). The summed E-state index contributed by atoms with van der Waals surface area (Å²) in [6.45, 7) is 0. The fourth-order valence-corrected chi connectivity index (χ4v) is 2.93. The van der Waals surface area contributed by atoms with Gasteiger partial charge in [-0.3, -0.25) is 4.79 Å². The maximum Gasteiger partial charge on any atom is 0.305 e. The summed E-state index contributed by atoms with van der Waals surface area (Å²) in [6.07, 6.45) is 3.72. The van der Waals surface area contributed by atoms with Crippen LogP contribution in [0, 0.1) is 0 Å². The molecule has 25 heavy (non-hydrogen) atoms. The molecule has 1 N–H and O–H groups in total. The van der Waals surface area contributed by atoms with Gasteiger partial charge >= 0.3 is 5.91 Å². The van der Waals surface area contributed by atoms with E-state index in [0.717, 1.165) is 5.56 Å². The molecule has 1 heterocycles. The molecule has 3 nitrogen and oxygen atoms in total. The molecular weight excluding hydrogens is 308 g/mol. The quantitative estimate of drug-likeness (QED) is 0.563. The van der Waals surface area contributed by atoms with Crippen LogP contribution in [0.2, 0.25) is 0 Å². The highest BCUT2D eigenvalue weighted by molar-refractivity contribution is 5.99. The van der Waals surface area contributed by atoms with E-state index in [1.807, 2.05) is 48.8 Å². The smallest absolute Gasteiger partial charge is 0.264 e. The van der Waals surface area contributed by atoms with Crippen LogP contribution < -0.4 is 10.1 Å². The van der Waals surface area contributed by atoms with Crippen LogP contribution in [0.1, 0.15) is 10.4 Å². The molecule has 3 heteroatoms. The lowest BCUT2D eigenvalue weighted by Gasteiger charge is -2.06. The predicted octanol–water partition coefficient (Wildman–Crippen LogP) is 4.18. The van der Waals surface area contributed by atoms with E-state index in [2.05, 4.69) is 41.8 Å². The Balaban J connectivity index is 1.61. The second-order valence-corrected chi connectivity index (χ2v) is 5.83. The van der Waals surface area contributed by atoms with Gasteiger partial charge in [0.1, 0.15) is 0 Å². The van der Waals surface area contributed by atoms with Crippen molar-refractivity contribution in [2.75, 3.05) is 5.43 Å². The van der Waals surface area contributed by atoms with Gasteiger partial charge < -0.3 is 0 Å². The van der Waals surface area contributed by atoms with E-state index in [1.165, 1.54) is 16.3 Å². The van der Waals surface area contributed by atoms with Gasteiger partial charge in [-0.05, 0) is 34.0 Å². The number of hydrogen-bond acceptors (Lipinski definition) is 1. The molecule has 0 saturated heterocycles. The van der Waals surface area contributed by atoms with Crippen LogP contribution in [0.25, 0.3) is 21.9 Å².